The maximum Gasteiger partial charge on any atom is 0.251 e. The second kappa shape index (κ2) is 8.95. The number of para-hydroxylation sites is 1. The number of nitrogens with one attached hydrogen (secondary N) is 3. The number of carbonyl (C=O) groups is 3. The molecule has 1 saturated heterocycles. The minimum atomic E-state index is -0.536. The van der Waals surface area contributed by atoms with Gasteiger partial charge in [-0.3, -0.25) is 19.7 Å². The number of hydrogen-bond donors (Lipinski definition) is 3. The van der Waals surface area contributed by atoms with Gasteiger partial charge >= 0.3 is 0 Å². The van der Waals surface area contributed by atoms with Crippen molar-refractivity contribution in [1.29, 1.82) is 0 Å². The van der Waals surface area contributed by atoms with Crippen LogP contribution in [0.25, 0.3) is 0 Å². The Bertz CT molecular complexity index is 800. The van der Waals surface area contributed by atoms with Crippen molar-refractivity contribution < 1.29 is 19.1 Å². The molecule has 7 nitrogen and oxygen atoms in total. The average molecular weight is 367 g/mol. The van der Waals surface area contributed by atoms with Crippen LogP contribution in [-0.4, -0.2) is 36.9 Å². The van der Waals surface area contributed by atoms with E-state index in [-0.39, 0.29) is 18.5 Å². The summed E-state index contributed by atoms with van der Waals surface area (Å²) in [5.41, 5.74) is 0.395. The van der Waals surface area contributed by atoms with E-state index in [2.05, 4.69) is 16.0 Å². The van der Waals surface area contributed by atoms with Crippen LogP contribution in [0.2, 0.25) is 0 Å². The molecular formula is C20H21N3O4. The minimum Gasteiger partial charge on any atom is -0.457 e. The zero-order valence-corrected chi connectivity index (χ0v) is 14.7. The van der Waals surface area contributed by atoms with Crippen molar-refractivity contribution >= 4 is 17.7 Å². The van der Waals surface area contributed by atoms with Crippen LogP contribution in [0.1, 0.15) is 23.2 Å². The van der Waals surface area contributed by atoms with E-state index in [0.717, 1.165) is 13.0 Å². The van der Waals surface area contributed by atoms with Gasteiger partial charge in [0, 0.05) is 5.56 Å². The number of hydrogen-bond acceptors (Lipinski definition) is 5. The quantitative estimate of drug-likeness (QED) is 0.721. The monoisotopic (exact) mass is 367 g/mol. The number of rotatable bonds is 6. The van der Waals surface area contributed by atoms with Gasteiger partial charge in [0.2, 0.25) is 11.8 Å². The molecule has 1 aliphatic heterocycles. The first-order valence-electron chi connectivity index (χ1n) is 8.80. The van der Waals surface area contributed by atoms with Crippen molar-refractivity contribution in [3.8, 4) is 11.5 Å². The summed E-state index contributed by atoms with van der Waals surface area (Å²) in [6.07, 6.45) is 1.62. The van der Waals surface area contributed by atoms with Crippen LogP contribution in [0.5, 0.6) is 11.5 Å². The third kappa shape index (κ3) is 5.39. The first kappa shape index (κ1) is 18.6. The largest absolute Gasteiger partial charge is 0.457 e. The molecule has 1 unspecified atom stereocenters. The lowest BCUT2D eigenvalue weighted by atomic mass is 10.2. The van der Waals surface area contributed by atoms with Gasteiger partial charge in [0.1, 0.15) is 11.5 Å². The van der Waals surface area contributed by atoms with Gasteiger partial charge in [0.25, 0.3) is 5.91 Å². The van der Waals surface area contributed by atoms with Crippen LogP contribution < -0.4 is 20.7 Å². The van der Waals surface area contributed by atoms with E-state index in [0.29, 0.717) is 23.5 Å². The van der Waals surface area contributed by atoms with Crippen molar-refractivity contribution in [3.63, 3.8) is 0 Å². The van der Waals surface area contributed by atoms with Crippen LogP contribution >= 0.6 is 0 Å². The SMILES string of the molecule is O=C(CNC(=O)c1ccc(Oc2ccccc2)cc1)NC(=O)C1CCCN1. The van der Waals surface area contributed by atoms with Gasteiger partial charge in [-0.15, -0.1) is 0 Å². The highest BCUT2D eigenvalue weighted by Gasteiger charge is 2.23. The molecule has 0 saturated carbocycles. The number of amides is 3. The fourth-order valence-electron chi connectivity index (χ4n) is 2.74. The summed E-state index contributed by atoms with van der Waals surface area (Å²) in [5, 5.41) is 7.80. The van der Waals surface area contributed by atoms with Crippen LogP contribution in [0.3, 0.4) is 0 Å². The second-order valence-corrected chi connectivity index (χ2v) is 6.18. The molecule has 0 aromatic heterocycles. The normalized spacial score (nSPS) is 15.8. The molecular weight excluding hydrogens is 346 g/mol. The molecule has 0 radical (unpaired) electrons. The number of imide groups is 1. The summed E-state index contributed by atoms with van der Waals surface area (Å²) in [4.78, 5) is 35.8. The molecule has 2 aromatic rings. The molecule has 140 valence electrons. The van der Waals surface area contributed by atoms with Gasteiger partial charge in [-0.05, 0) is 55.8 Å². The molecule has 3 rings (SSSR count). The zero-order valence-electron chi connectivity index (χ0n) is 14.7. The van der Waals surface area contributed by atoms with Crippen molar-refractivity contribution in [2.24, 2.45) is 0 Å². The smallest absolute Gasteiger partial charge is 0.251 e. The van der Waals surface area contributed by atoms with Crippen LogP contribution in [-0.2, 0) is 9.59 Å². The van der Waals surface area contributed by atoms with Crippen molar-refractivity contribution in [2.45, 2.75) is 18.9 Å². The van der Waals surface area contributed by atoms with Gasteiger partial charge in [-0.2, -0.15) is 0 Å². The highest BCUT2D eigenvalue weighted by Crippen LogP contribution is 2.21. The predicted molar refractivity (Wildman–Crippen MR) is 99.5 cm³/mol. The number of carbonyl (C=O) groups excluding carboxylic acids is 3. The molecule has 3 amide bonds. The minimum absolute atomic E-state index is 0.264. The molecule has 7 heteroatoms. The Balaban J connectivity index is 1.46. The molecule has 2 aromatic carbocycles. The van der Waals surface area contributed by atoms with E-state index in [9.17, 15) is 14.4 Å². The predicted octanol–water partition coefficient (Wildman–Crippen LogP) is 1.60. The van der Waals surface area contributed by atoms with Gasteiger partial charge in [0.15, 0.2) is 0 Å². The maximum atomic E-state index is 12.1. The molecule has 0 bridgehead atoms. The van der Waals surface area contributed by atoms with Gasteiger partial charge < -0.3 is 15.4 Å². The van der Waals surface area contributed by atoms with Gasteiger partial charge in [0.05, 0.1) is 12.6 Å². The van der Waals surface area contributed by atoms with Crippen LogP contribution in [0.4, 0.5) is 0 Å². The van der Waals surface area contributed by atoms with E-state index in [1.165, 1.54) is 0 Å². The lowest BCUT2D eigenvalue weighted by Crippen LogP contribution is -2.46. The maximum absolute atomic E-state index is 12.1. The topological polar surface area (TPSA) is 96.5 Å². The Morgan fingerprint density at radius 3 is 2.37 bits per heavy atom. The van der Waals surface area contributed by atoms with Crippen molar-refractivity contribution in [1.82, 2.24) is 16.0 Å². The van der Waals surface area contributed by atoms with Crippen LogP contribution in [0.15, 0.2) is 54.6 Å². The summed E-state index contributed by atoms with van der Waals surface area (Å²) >= 11 is 0. The molecule has 1 atom stereocenters. The van der Waals surface area contributed by atoms with E-state index >= 15 is 0 Å². The highest BCUT2D eigenvalue weighted by atomic mass is 16.5. The second-order valence-electron chi connectivity index (χ2n) is 6.18. The summed E-state index contributed by atoms with van der Waals surface area (Å²) in [6, 6.07) is 15.6. The Morgan fingerprint density at radius 1 is 1.00 bits per heavy atom. The Kier molecular flexibility index (Phi) is 6.17. The molecule has 1 heterocycles. The van der Waals surface area contributed by atoms with E-state index in [1.54, 1.807) is 24.3 Å². The third-order valence-corrected chi connectivity index (χ3v) is 4.14. The fourth-order valence-corrected chi connectivity index (χ4v) is 2.74. The summed E-state index contributed by atoms with van der Waals surface area (Å²) in [7, 11) is 0. The lowest BCUT2D eigenvalue weighted by molar-refractivity contribution is -0.130. The summed E-state index contributed by atoms with van der Waals surface area (Å²) < 4.78 is 5.66. The van der Waals surface area contributed by atoms with Gasteiger partial charge in [-0.25, -0.2) is 0 Å². The molecule has 3 N–H and O–H groups in total. The van der Waals surface area contributed by atoms with Crippen molar-refractivity contribution in [3.05, 3.63) is 60.2 Å². The van der Waals surface area contributed by atoms with E-state index < -0.39 is 11.8 Å². The standard InChI is InChI=1S/C20H21N3O4/c24-18(23-20(26)17-7-4-12-21-17)13-22-19(25)14-8-10-16(11-9-14)27-15-5-2-1-3-6-15/h1-3,5-6,8-11,17,21H,4,7,12-13H2,(H,22,25)(H,23,24,26). The summed E-state index contributed by atoms with van der Waals surface area (Å²) in [5.74, 6) is 0.0149. The Labute approximate surface area is 157 Å². The Morgan fingerprint density at radius 2 is 1.70 bits per heavy atom. The number of ether oxygens (including phenoxy) is 1. The average Bonchev–Trinajstić information content (AvgIpc) is 3.22. The molecule has 0 aliphatic carbocycles. The zero-order chi connectivity index (χ0) is 19.1. The highest BCUT2D eigenvalue weighted by molar-refractivity contribution is 6.01. The first-order valence-corrected chi connectivity index (χ1v) is 8.80. The van der Waals surface area contributed by atoms with Gasteiger partial charge in [-0.1, -0.05) is 18.2 Å². The number of benzene rings is 2. The van der Waals surface area contributed by atoms with E-state index in [4.69, 9.17) is 4.74 Å². The first-order chi connectivity index (χ1) is 13.1. The molecule has 27 heavy (non-hydrogen) atoms. The lowest BCUT2D eigenvalue weighted by Gasteiger charge is -2.11. The van der Waals surface area contributed by atoms with Crippen LogP contribution in [0, 0.1) is 0 Å². The van der Waals surface area contributed by atoms with E-state index in [1.807, 2.05) is 30.3 Å². The van der Waals surface area contributed by atoms with Crippen molar-refractivity contribution in [2.75, 3.05) is 13.1 Å². The molecule has 1 aliphatic rings. The molecule has 1 fully saturated rings. The molecule has 0 spiro atoms. The Hall–Kier alpha value is -3.19. The third-order valence-electron chi connectivity index (χ3n) is 4.14. The fraction of sp³-hybridized carbons (Fsp3) is 0.250. The summed E-state index contributed by atoms with van der Waals surface area (Å²) in [6.45, 7) is 0.507.